The van der Waals surface area contributed by atoms with Crippen LogP contribution in [0.5, 0.6) is 17.2 Å². The summed E-state index contributed by atoms with van der Waals surface area (Å²) >= 11 is 0. The Morgan fingerprint density at radius 3 is 2.55 bits per heavy atom. The van der Waals surface area contributed by atoms with Crippen molar-refractivity contribution in [2.75, 3.05) is 21.3 Å². The molecule has 8 heteroatoms. The third-order valence-electron chi connectivity index (χ3n) is 6.00. The SMILES string of the molecule is COc1cc2c(c(OC)c1OC)C1=CC=C(n3ccc(C)n3)[C@@H](O)C=C1[C@@H](NC(C)=O)CC2. The minimum atomic E-state index is -0.919. The van der Waals surface area contributed by atoms with Gasteiger partial charge in [-0.25, -0.2) is 4.68 Å². The monoisotopic (exact) mass is 451 g/mol. The number of ether oxygens (including phenoxy) is 3. The summed E-state index contributed by atoms with van der Waals surface area (Å²) in [6.45, 7) is 3.40. The molecule has 0 saturated carbocycles. The van der Waals surface area contributed by atoms with Crippen molar-refractivity contribution < 1.29 is 24.1 Å². The molecule has 8 nitrogen and oxygen atoms in total. The van der Waals surface area contributed by atoms with Gasteiger partial charge in [0.15, 0.2) is 11.5 Å². The highest BCUT2D eigenvalue weighted by Gasteiger charge is 2.33. The van der Waals surface area contributed by atoms with Crippen LogP contribution >= 0.6 is 0 Å². The van der Waals surface area contributed by atoms with E-state index in [0.717, 1.165) is 28.0 Å². The van der Waals surface area contributed by atoms with Crippen molar-refractivity contribution in [3.8, 4) is 17.2 Å². The van der Waals surface area contributed by atoms with Crippen LogP contribution in [-0.4, -0.2) is 54.3 Å². The number of carbonyl (C=O) groups is 1. The molecule has 2 aliphatic carbocycles. The number of hydrogen-bond donors (Lipinski definition) is 2. The Hall–Kier alpha value is -3.52. The molecule has 2 aromatic rings. The maximum absolute atomic E-state index is 12.0. The number of fused-ring (bicyclic) bond motifs is 3. The molecule has 0 radical (unpaired) electrons. The number of methoxy groups -OCH3 is 3. The number of aliphatic hydroxyl groups excluding tert-OH is 1. The number of hydrogen-bond acceptors (Lipinski definition) is 6. The zero-order valence-electron chi connectivity index (χ0n) is 19.5. The van der Waals surface area contributed by atoms with Crippen molar-refractivity contribution >= 4 is 17.2 Å². The van der Waals surface area contributed by atoms with E-state index in [1.165, 1.54) is 6.92 Å². The maximum Gasteiger partial charge on any atom is 0.217 e. The molecule has 1 heterocycles. The van der Waals surface area contributed by atoms with Gasteiger partial charge < -0.3 is 24.6 Å². The zero-order valence-corrected chi connectivity index (χ0v) is 19.5. The summed E-state index contributed by atoms with van der Waals surface area (Å²) in [5.74, 6) is 1.49. The summed E-state index contributed by atoms with van der Waals surface area (Å²) < 4.78 is 18.7. The van der Waals surface area contributed by atoms with Crippen LogP contribution in [0.3, 0.4) is 0 Å². The Bertz CT molecular complexity index is 1170. The highest BCUT2D eigenvalue weighted by Crippen LogP contribution is 2.49. The van der Waals surface area contributed by atoms with Gasteiger partial charge in [-0.2, -0.15) is 5.10 Å². The van der Waals surface area contributed by atoms with E-state index in [0.29, 0.717) is 35.8 Å². The van der Waals surface area contributed by atoms with Gasteiger partial charge in [-0.1, -0.05) is 6.08 Å². The number of rotatable bonds is 5. The van der Waals surface area contributed by atoms with Crippen LogP contribution < -0.4 is 19.5 Å². The first-order chi connectivity index (χ1) is 15.9. The number of amides is 1. The summed E-state index contributed by atoms with van der Waals surface area (Å²) in [4.78, 5) is 12.0. The van der Waals surface area contributed by atoms with Gasteiger partial charge in [-0.3, -0.25) is 4.79 Å². The number of aryl methyl sites for hydroxylation is 2. The molecule has 2 aliphatic rings. The zero-order chi connectivity index (χ0) is 23.7. The van der Waals surface area contributed by atoms with Crippen molar-refractivity contribution in [1.82, 2.24) is 15.1 Å². The third-order valence-corrected chi connectivity index (χ3v) is 6.00. The normalized spacial score (nSPS) is 19.6. The highest BCUT2D eigenvalue weighted by atomic mass is 16.5. The quantitative estimate of drug-likeness (QED) is 0.726. The standard InChI is InChI=1S/C25H29N3O5/c1-14-10-11-28(27-14)20-9-7-17-18(13-21(20)30)19(26-15(2)29)8-6-16-12-22(31-3)24(32-4)25(33-5)23(16)17/h7,9-13,19,21,30H,6,8H2,1-5H3,(H,26,29)/t19-,21-/m0/s1. The first-order valence-electron chi connectivity index (χ1n) is 10.8. The third kappa shape index (κ3) is 4.14. The number of aliphatic hydroxyl groups is 1. The van der Waals surface area contributed by atoms with Gasteiger partial charge in [-0.15, -0.1) is 0 Å². The highest BCUT2D eigenvalue weighted by molar-refractivity contribution is 5.91. The Morgan fingerprint density at radius 1 is 1.18 bits per heavy atom. The predicted molar refractivity (Wildman–Crippen MR) is 125 cm³/mol. The van der Waals surface area contributed by atoms with Crippen molar-refractivity contribution in [1.29, 1.82) is 0 Å². The summed E-state index contributed by atoms with van der Waals surface area (Å²) in [6, 6.07) is 3.55. The average molecular weight is 452 g/mol. The fraction of sp³-hybridized carbons (Fsp3) is 0.360. The molecule has 1 amide bonds. The molecule has 1 aromatic heterocycles. The Morgan fingerprint density at radius 2 is 1.94 bits per heavy atom. The van der Waals surface area contributed by atoms with E-state index in [1.54, 1.807) is 32.1 Å². The molecule has 0 aliphatic heterocycles. The number of nitrogens with one attached hydrogen (secondary N) is 1. The second kappa shape index (κ2) is 9.15. The molecule has 174 valence electrons. The van der Waals surface area contributed by atoms with Gasteiger partial charge in [0.1, 0.15) is 6.10 Å². The lowest BCUT2D eigenvalue weighted by Crippen LogP contribution is -2.35. The molecule has 0 spiro atoms. The van der Waals surface area contributed by atoms with E-state index < -0.39 is 6.10 Å². The largest absolute Gasteiger partial charge is 0.493 e. The maximum atomic E-state index is 12.0. The molecule has 4 rings (SSSR count). The molecule has 33 heavy (non-hydrogen) atoms. The minimum absolute atomic E-state index is 0.136. The Labute approximate surface area is 193 Å². The summed E-state index contributed by atoms with van der Waals surface area (Å²) in [7, 11) is 4.76. The van der Waals surface area contributed by atoms with Crippen molar-refractivity contribution in [2.24, 2.45) is 0 Å². The van der Waals surface area contributed by atoms with Crippen LogP contribution in [-0.2, 0) is 11.2 Å². The smallest absolute Gasteiger partial charge is 0.217 e. The number of aromatic nitrogens is 2. The Balaban J connectivity index is 1.98. The second-order valence-electron chi connectivity index (χ2n) is 8.11. The number of benzene rings is 1. The number of carbonyl (C=O) groups excluding carboxylic acids is 1. The van der Waals surface area contributed by atoms with Gasteiger partial charge in [0.25, 0.3) is 0 Å². The van der Waals surface area contributed by atoms with Gasteiger partial charge in [0.05, 0.1) is 38.8 Å². The molecule has 2 atom stereocenters. The van der Waals surface area contributed by atoms with E-state index in [2.05, 4.69) is 10.4 Å². The van der Waals surface area contributed by atoms with Gasteiger partial charge in [0, 0.05) is 18.7 Å². The molecule has 2 N–H and O–H groups in total. The summed E-state index contributed by atoms with van der Waals surface area (Å²) in [5, 5.41) is 18.6. The van der Waals surface area contributed by atoms with E-state index in [1.807, 2.05) is 37.4 Å². The lowest BCUT2D eigenvalue weighted by atomic mass is 9.91. The van der Waals surface area contributed by atoms with Crippen LogP contribution in [0.15, 0.2) is 42.1 Å². The van der Waals surface area contributed by atoms with Crippen molar-refractivity contribution in [3.63, 3.8) is 0 Å². The van der Waals surface area contributed by atoms with Gasteiger partial charge >= 0.3 is 0 Å². The molecule has 0 unspecified atom stereocenters. The fourth-order valence-corrected chi connectivity index (χ4v) is 4.56. The van der Waals surface area contributed by atoms with Crippen LogP contribution in [0.1, 0.15) is 30.2 Å². The minimum Gasteiger partial charge on any atom is -0.493 e. The molecule has 1 aromatic carbocycles. The van der Waals surface area contributed by atoms with Crippen LogP contribution in [0.25, 0.3) is 11.3 Å². The number of allylic oxidation sites excluding steroid dienone is 2. The van der Waals surface area contributed by atoms with E-state index in [-0.39, 0.29) is 11.9 Å². The molecular weight excluding hydrogens is 422 g/mol. The first-order valence-corrected chi connectivity index (χ1v) is 10.8. The summed E-state index contributed by atoms with van der Waals surface area (Å²) in [5.41, 5.74) is 4.99. The number of nitrogens with zero attached hydrogens (tertiary/aromatic N) is 2. The van der Waals surface area contributed by atoms with Crippen molar-refractivity contribution in [2.45, 2.75) is 38.8 Å². The van der Waals surface area contributed by atoms with Crippen LogP contribution in [0, 0.1) is 6.92 Å². The second-order valence-corrected chi connectivity index (χ2v) is 8.11. The van der Waals surface area contributed by atoms with E-state index >= 15 is 0 Å². The van der Waals surface area contributed by atoms with Crippen LogP contribution in [0.2, 0.25) is 0 Å². The van der Waals surface area contributed by atoms with Gasteiger partial charge in [0.2, 0.25) is 11.7 Å². The van der Waals surface area contributed by atoms with E-state index in [9.17, 15) is 9.90 Å². The van der Waals surface area contributed by atoms with Crippen LogP contribution in [0.4, 0.5) is 0 Å². The topological polar surface area (TPSA) is 94.8 Å². The van der Waals surface area contributed by atoms with E-state index in [4.69, 9.17) is 14.2 Å². The molecular formula is C25H29N3O5. The fourth-order valence-electron chi connectivity index (χ4n) is 4.56. The first kappa shape index (κ1) is 22.7. The molecule has 0 bridgehead atoms. The predicted octanol–water partition coefficient (Wildman–Crippen LogP) is 2.89. The lowest BCUT2D eigenvalue weighted by molar-refractivity contribution is -0.119. The lowest BCUT2D eigenvalue weighted by Gasteiger charge is -2.23. The van der Waals surface area contributed by atoms with Gasteiger partial charge in [-0.05, 0) is 60.8 Å². The summed E-state index contributed by atoms with van der Waals surface area (Å²) in [6.07, 6.45) is 7.81. The Kier molecular flexibility index (Phi) is 6.29. The molecule has 0 saturated heterocycles. The van der Waals surface area contributed by atoms with Crippen molar-refractivity contribution in [3.05, 3.63) is 59.0 Å². The average Bonchev–Trinajstić information content (AvgIpc) is 3.07. The molecule has 0 fully saturated rings.